The van der Waals surface area contributed by atoms with Crippen molar-refractivity contribution in [3.05, 3.63) is 0 Å². The zero-order chi connectivity index (χ0) is 14.8. The molecule has 0 spiro atoms. The summed E-state index contributed by atoms with van der Waals surface area (Å²) in [5, 5.41) is 0. The summed E-state index contributed by atoms with van der Waals surface area (Å²) >= 11 is 0. The Balaban J connectivity index is 1.99. The average Bonchev–Trinajstić information content (AvgIpc) is 2.42. The average molecular weight is 284 g/mol. The lowest BCUT2D eigenvalue weighted by atomic mass is 9.98. The van der Waals surface area contributed by atoms with Gasteiger partial charge in [-0.05, 0) is 44.4 Å². The Morgan fingerprint density at radius 2 is 1.60 bits per heavy atom. The van der Waals surface area contributed by atoms with Crippen molar-refractivity contribution in [3.8, 4) is 0 Å². The molecule has 0 aromatic carbocycles. The SMILES string of the molecule is CC(C)COC(=O)CCCCC(=O)OC1CCCCC1. The Morgan fingerprint density at radius 1 is 1.00 bits per heavy atom. The second-order valence-corrected chi connectivity index (χ2v) is 6.03. The van der Waals surface area contributed by atoms with E-state index in [1.807, 2.05) is 13.8 Å². The Morgan fingerprint density at radius 3 is 2.20 bits per heavy atom. The van der Waals surface area contributed by atoms with E-state index in [1.54, 1.807) is 0 Å². The van der Waals surface area contributed by atoms with Crippen LogP contribution in [0.15, 0.2) is 0 Å². The van der Waals surface area contributed by atoms with Gasteiger partial charge in [-0.15, -0.1) is 0 Å². The fourth-order valence-corrected chi connectivity index (χ4v) is 2.30. The van der Waals surface area contributed by atoms with Gasteiger partial charge >= 0.3 is 11.9 Å². The second-order valence-electron chi connectivity index (χ2n) is 6.03. The number of carbonyl (C=O) groups excluding carboxylic acids is 2. The van der Waals surface area contributed by atoms with Gasteiger partial charge in [-0.25, -0.2) is 0 Å². The quantitative estimate of drug-likeness (QED) is 0.504. The second kappa shape index (κ2) is 9.78. The summed E-state index contributed by atoms with van der Waals surface area (Å²) in [6.45, 7) is 4.49. The highest BCUT2D eigenvalue weighted by atomic mass is 16.5. The summed E-state index contributed by atoms with van der Waals surface area (Å²) < 4.78 is 10.5. The molecule has 0 aliphatic heterocycles. The molecule has 1 rings (SSSR count). The summed E-state index contributed by atoms with van der Waals surface area (Å²) in [6, 6.07) is 0. The third-order valence-electron chi connectivity index (χ3n) is 3.44. The summed E-state index contributed by atoms with van der Waals surface area (Å²) in [5.41, 5.74) is 0. The maximum Gasteiger partial charge on any atom is 0.306 e. The third-order valence-corrected chi connectivity index (χ3v) is 3.44. The number of carbonyl (C=O) groups is 2. The topological polar surface area (TPSA) is 52.6 Å². The van der Waals surface area contributed by atoms with Crippen LogP contribution in [0.3, 0.4) is 0 Å². The molecular formula is C16H28O4. The van der Waals surface area contributed by atoms with E-state index in [9.17, 15) is 9.59 Å². The minimum absolute atomic E-state index is 0.118. The first-order valence-corrected chi connectivity index (χ1v) is 7.93. The molecule has 4 heteroatoms. The molecule has 1 fully saturated rings. The smallest absolute Gasteiger partial charge is 0.306 e. The van der Waals surface area contributed by atoms with Crippen LogP contribution in [0.4, 0.5) is 0 Å². The lowest BCUT2D eigenvalue weighted by molar-refractivity contribution is -0.151. The fourth-order valence-electron chi connectivity index (χ4n) is 2.30. The lowest BCUT2D eigenvalue weighted by Crippen LogP contribution is -2.20. The van der Waals surface area contributed by atoms with E-state index in [1.165, 1.54) is 19.3 Å². The number of esters is 2. The van der Waals surface area contributed by atoms with Crippen LogP contribution in [0.5, 0.6) is 0 Å². The number of rotatable bonds is 8. The van der Waals surface area contributed by atoms with Gasteiger partial charge in [0.05, 0.1) is 6.61 Å². The predicted octanol–water partition coefficient (Wildman–Crippen LogP) is 3.62. The van der Waals surface area contributed by atoms with Crippen LogP contribution in [0.2, 0.25) is 0 Å². The van der Waals surface area contributed by atoms with Gasteiger partial charge in [0.15, 0.2) is 0 Å². The minimum atomic E-state index is -0.167. The first kappa shape index (κ1) is 17.0. The van der Waals surface area contributed by atoms with Crippen molar-refractivity contribution in [3.63, 3.8) is 0 Å². The highest BCUT2D eigenvalue weighted by Gasteiger charge is 2.17. The van der Waals surface area contributed by atoms with E-state index in [-0.39, 0.29) is 18.0 Å². The fraction of sp³-hybridized carbons (Fsp3) is 0.875. The molecule has 0 aromatic rings. The van der Waals surface area contributed by atoms with Crippen LogP contribution < -0.4 is 0 Å². The molecule has 116 valence electrons. The van der Waals surface area contributed by atoms with Gasteiger partial charge < -0.3 is 9.47 Å². The summed E-state index contributed by atoms with van der Waals surface area (Å²) in [5.74, 6) is 0.0798. The molecule has 0 radical (unpaired) electrons. The van der Waals surface area contributed by atoms with Crippen molar-refractivity contribution in [1.82, 2.24) is 0 Å². The molecule has 0 amide bonds. The van der Waals surface area contributed by atoms with Gasteiger partial charge in [-0.2, -0.15) is 0 Å². The van der Waals surface area contributed by atoms with Crippen LogP contribution in [0, 0.1) is 5.92 Å². The van der Waals surface area contributed by atoms with E-state index >= 15 is 0 Å². The van der Waals surface area contributed by atoms with Crippen LogP contribution in [0.1, 0.15) is 71.6 Å². The molecule has 4 nitrogen and oxygen atoms in total. The number of hydrogen-bond acceptors (Lipinski definition) is 4. The van der Waals surface area contributed by atoms with Crippen molar-refractivity contribution in [2.24, 2.45) is 5.92 Å². The molecule has 0 heterocycles. The number of ether oxygens (including phenoxy) is 2. The van der Waals surface area contributed by atoms with Gasteiger partial charge in [0, 0.05) is 12.8 Å². The standard InChI is InChI=1S/C16H28O4/c1-13(2)12-19-15(17)10-6-7-11-16(18)20-14-8-4-3-5-9-14/h13-14H,3-12H2,1-2H3. The molecule has 0 aromatic heterocycles. The van der Waals surface area contributed by atoms with Gasteiger partial charge in [-0.1, -0.05) is 20.3 Å². The van der Waals surface area contributed by atoms with Gasteiger partial charge in [0.2, 0.25) is 0 Å². The summed E-state index contributed by atoms with van der Waals surface area (Å²) in [4.78, 5) is 23.0. The van der Waals surface area contributed by atoms with E-state index in [0.29, 0.717) is 38.2 Å². The maximum absolute atomic E-state index is 11.6. The molecule has 0 unspecified atom stereocenters. The van der Waals surface area contributed by atoms with E-state index in [2.05, 4.69) is 0 Å². The van der Waals surface area contributed by atoms with Crippen molar-refractivity contribution in [2.45, 2.75) is 77.7 Å². The van der Waals surface area contributed by atoms with Crippen molar-refractivity contribution >= 4 is 11.9 Å². The van der Waals surface area contributed by atoms with Crippen molar-refractivity contribution in [1.29, 1.82) is 0 Å². The first-order valence-electron chi connectivity index (χ1n) is 7.93. The predicted molar refractivity (Wildman–Crippen MR) is 77.2 cm³/mol. The third kappa shape index (κ3) is 8.18. The Hall–Kier alpha value is -1.06. The Kier molecular flexibility index (Phi) is 8.31. The monoisotopic (exact) mass is 284 g/mol. The van der Waals surface area contributed by atoms with Gasteiger partial charge in [-0.3, -0.25) is 9.59 Å². The zero-order valence-electron chi connectivity index (χ0n) is 12.9. The van der Waals surface area contributed by atoms with Gasteiger partial charge in [0.25, 0.3) is 0 Å². The minimum Gasteiger partial charge on any atom is -0.465 e. The summed E-state index contributed by atoms with van der Waals surface area (Å²) in [6.07, 6.45) is 7.93. The van der Waals surface area contributed by atoms with E-state index < -0.39 is 0 Å². The summed E-state index contributed by atoms with van der Waals surface area (Å²) in [7, 11) is 0. The lowest BCUT2D eigenvalue weighted by Gasteiger charge is -2.21. The molecule has 1 aliphatic rings. The molecule has 0 bridgehead atoms. The highest BCUT2D eigenvalue weighted by Crippen LogP contribution is 2.21. The van der Waals surface area contributed by atoms with Crippen LogP contribution in [0.25, 0.3) is 0 Å². The molecule has 0 saturated heterocycles. The molecule has 20 heavy (non-hydrogen) atoms. The largest absolute Gasteiger partial charge is 0.465 e. The van der Waals surface area contributed by atoms with Crippen LogP contribution in [-0.4, -0.2) is 24.6 Å². The van der Waals surface area contributed by atoms with Crippen LogP contribution >= 0.6 is 0 Å². The molecule has 0 N–H and O–H groups in total. The van der Waals surface area contributed by atoms with E-state index in [0.717, 1.165) is 12.8 Å². The van der Waals surface area contributed by atoms with Gasteiger partial charge in [0.1, 0.15) is 6.10 Å². The van der Waals surface area contributed by atoms with Crippen LogP contribution in [-0.2, 0) is 19.1 Å². The molecule has 1 aliphatic carbocycles. The number of hydrogen-bond donors (Lipinski definition) is 0. The number of unbranched alkanes of at least 4 members (excludes halogenated alkanes) is 1. The molecule has 1 saturated carbocycles. The zero-order valence-corrected chi connectivity index (χ0v) is 12.9. The molecular weight excluding hydrogens is 256 g/mol. The normalized spacial score (nSPS) is 16.1. The maximum atomic E-state index is 11.6. The highest BCUT2D eigenvalue weighted by molar-refractivity contribution is 5.70. The van der Waals surface area contributed by atoms with Crippen molar-refractivity contribution in [2.75, 3.05) is 6.61 Å². The Labute approximate surface area is 122 Å². The molecule has 0 atom stereocenters. The first-order chi connectivity index (χ1) is 9.58. The van der Waals surface area contributed by atoms with Crippen molar-refractivity contribution < 1.29 is 19.1 Å². The van der Waals surface area contributed by atoms with E-state index in [4.69, 9.17) is 9.47 Å². The Bertz CT molecular complexity index is 293.